The molecule has 0 spiro atoms. The Morgan fingerprint density at radius 1 is 1.21 bits per heavy atom. The van der Waals surface area contributed by atoms with Crippen molar-refractivity contribution in [3.05, 3.63) is 61.6 Å². The largest absolute Gasteiger partial charge is 0.330 e. The second-order valence-electron chi connectivity index (χ2n) is 7.00. The van der Waals surface area contributed by atoms with Crippen LogP contribution < -0.4 is 16.0 Å². The standard InChI is InChI=1S/C18H22ClFN4O4S/c1-22-11-15(17(25)23(2)18(22)26)29(27,28)21-10-14(24-8-3-4-9-24)16-12(19)6-5-7-13(16)20/h5-7,11,14,21H,3-4,8-10H2,1-2H3. The molecular weight excluding hydrogens is 423 g/mol. The topological polar surface area (TPSA) is 93.4 Å². The van der Waals surface area contributed by atoms with Gasteiger partial charge in [-0.2, -0.15) is 0 Å². The molecule has 0 amide bonds. The maximum atomic E-state index is 14.5. The third-order valence-electron chi connectivity index (χ3n) is 5.09. The van der Waals surface area contributed by atoms with Crippen LogP contribution in [0.3, 0.4) is 0 Å². The molecule has 1 fully saturated rings. The van der Waals surface area contributed by atoms with Crippen molar-refractivity contribution in [1.29, 1.82) is 0 Å². The molecule has 0 saturated carbocycles. The van der Waals surface area contributed by atoms with Crippen molar-refractivity contribution in [2.24, 2.45) is 14.1 Å². The first-order valence-corrected chi connectivity index (χ1v) is 10.9. The van der Waals surface area contributed by atoms with Gasteiger partial charge in [-0.3, -0.25) is 14.3 Å². The van der Waals surface area contributed by atoms with Crippen molar-refractivity contribution in [3.8, 4) is 0 Å². The number of hydrogen-bond donors (Lipinski definition) is 1. The molecule has 1 atom stereocenters. The van der Waals surface area contributed by atoms with E-state index in [9.17, 15) is 22.4 Å². The van der Waals surface area contributed by atoms with E-state index in [0.29, 0.717) is 13.1 Å². The molecule has 2 aromatic rings. The van der Waals surface area contributed by atoms with E-state index in [0.717, 1.165) is 28.2 Å². The summed E-state index contributed by atoms with van der Waals surface area (Å²) in [7, 11) is -1.69. The van der Waals surface area contributed by atoms with E-state index >= 15 is 0 Å². The first-order valence-electron chi connectivity index (χ1n) is 9.08. The van der Waals surface area contributed by atoms with Crippen molar-refractivity contribution in [1.82, 2.24) is 18.8 Å². The number of aromatic nitrogens is 2. The number of sulfonamides is 1. The van der Waals surface area contributed by atoms with Gasteiger partial charge in [0.25, 0.3) is 5.56 Å². The van der Waals surface area contributed by atoms with Gasteiger partial charge in [0.15, 0.2) is 4.90 Å². The molecule has 1 aliphatic rings. The number of aryl methyl sites for hydroxylation is 1. The molecule has 1 aliphatic heterocycles. The molecule has 1 N–H and O–H groups in total. The molecule has 0 radical (unpaired) electrons. The lowest BCUT2D eigenvalue weighted by Gasteiger charge is -2.29. The van der Waals surface area contributed by atoms with Gasteiger partial charge in [0.1, 0.15) is 5.82 Å². The van der Waals surface area contributed by atoms with Gasteiger partial charge in [-0.05, 0) is 38.1 Å². The lowest BCUT2D eigenvalue weighted by molar-refractivity contribution is 0.241. The Labute approximate surface area is 172 Å². The van der Waals surface area contributed by atoms with Crippen molar-refractivity contribution < 1.29 is 12.8 Å². The highest BCUT2D eigenvalue weighted by atomic mass is 35.5. The monoisotopic (exact) mass is 444 g/mol. The summed E-state index contributed by atoms with van der Waals surface area (Å²) in [6.07, 6.45) is 2.81. The van der Waals surface area contributed by atoms with Crippen LogP contribution in [0.5, 0.6) is 0 Å². The van der Waals surface area contributed by atoms with Crippen LogP contribution >= 0.6 is 11.6 Å². The van der Waals surface area contributed by atoms with Gasteiger partial charge in [-0.1, -0.05) is 17.7 Å². The number of likely N-dealkylation sites (tertiary alicyclic amines) is 1. The van der Waals surface area contributed by atoms with Gasteiger partial charge in [0.2, 0.25) is 10.0 Å². The molecule has 2 heterocycles. The van der Waals surface area contributed by atoms with E-state index in [-0.39, 0.29) is 17.1 Å². The van der Waals surface area contributed by atoms with E-state index in [4.69, 9.17) is 11.6 Å². The zero-order chi connectivity index (χ0) is 21.3. The van der Waals surface area contributed by atoms with Crippen molar-refractivity contribution in [3.63, 3.8) is 0 Å². The fourth-order valence-corrected chi connectivity index (χ4v) is 5.01. The van der Waals surface area contributed by atoms with Gasteiger partial charge in [-0.15, -0.1) is 0 Å². The summed E-state index contributed by atoms with van der Waals surface area (Å²) in [4.78, 5) is 25.5. The Balaban J connectivity index is 1.96. The minimum atomic E-state index is -4.25. The Morgan fingerprint density at radius 2 is 1.86 bits per heavy atom. The predicted octanol–water partition coefficient (Wildman–Crippen LogP) is 0.992. The Kier molecular flexibility index (Phi) is 6.27. The molecular formula is C18H22ClFN4O4S. The summed E-state index contributed by atoms with van der Waals surface area (Å²) in [5.74, 6) is -0.522. The number of halogens is 2. The van der Waals surface area contributed by atoms with Gasteiger partial charge >= 0.3 is 5.69 Å². The van der Waals surface area contributed by atoms with Crippen LogP contribution in [0.4, 0.5) is 4.39 Å². The molecule has 1 aromatic carbocycles. The Morgan fingerprint density at radius 3 is 2.48 bits per heavy atom. The van der Waals surface area contributed by atoms with Crippen LogP contribution in [0.15, 0.2) is 38.9 Å². The van der Waals surface area contributed by atoms with Crippen LogP contribution in [0.2, 0.25) is 5.02 Å². The number of rotatable bonds is 6. The van der Waals surface area contributed by atoms with Crippen LogP contribution in [-0.2, 0) is 24.1 Å². The fourth-order valence-electron chi connectivity index (χ4n) is 3.52. The van der Waals surface area contributed by atoms with E-state index in [1.165, 1.54) is 26.2 Å². The third kappa shape index (κ3) is 4.30. The van der Waals surface area contributed by atoms with Gasteiger partial charge < -0.3 is 4.57 Å². The highest BCUT2D eigenvalue weighted by Crippen LogP contribution is 2.32. The average Bonchev–Trinajstić information content (AvgIpc) is 3.19. The van der Waals surface area contributed by atoms with Crippen molar-refractivity contribution in [2.75, 3.05) is 19.6 Å². The van der Waals surface area contributed by atoms with E-state index < -0.39 is 38.0 Å². The van der Waals surface area contributed by atoms with Gasteiger partial charge in [0, 0.05) is 37.4 Å². The van der Waals surface area contributed by atoms with Gasteiger partial charge in [0.05, 0.1) is 6.04 Å². The predicted molar refractivity (Wildman–Crippen MR) is 107 cm³/mol. The number of nitrogens with one attached hydrogen (secondary N) is 1. The van der Waals surface area contributed by atoms with Crippen molar-refractivity contribution >= 4 is 21.6 Å². The summed E-state index contributed by atoms with van der Waals surface area (Å²) in [6.45, 7) is 1.19. The second-order valence-corrected chi connectivity index (χ2v) is 9.14. The molecule has 1 saturated heterocycles. The number of nitrogens with zero attached hydrogens (tertiary/aromatic N) is 3. The number of hydrogen-bond acceptors (Lipinski definition) is 5. The quantitative estimate of drug-likeness (QED) is 0.717. The van der Waals surface area contributed by atoms with E-state index in [2.05, 4.69) is 4.72 Å². The molecule has 29 heavy (non-hydrogen) atoms. The van der Waals surface area contributed by atoms with E-state index in [1.807, 2.05) is 4.90 Å². The zero-order valence-corrected chi connectivity index (χ0v) is 17.6. The highest BCUT2D eigenvalue weighted by Gasteiger charge is 2.30. The van der Waals surface area contributed by atoms with Crippen LogP contribution in [0.1, 0.15) is 24.4 Å². The summed E-state index contributed by atoms with van der Waals surface area (Å²) < 4.78 is 44.3. The normalized spacial score (nSPS) is 16.3. The molecule has 8 nitrogen and oxygen atoms in total. The molecule has 158 valence electrons. The molecule has 11 heteroatoms. The van der Waals surface area contributed by atoms with Gasteiger partial charge in [-0.25, -0.2) is 22.3 Å². The van der Waals surface area contributed by atoms with Crippen LogP contribution in [0, 0.1) is 5.82 Å². The minimum Gasteiger partial charge on any atom is -0.302 e. The fraction of sp³-hybridized carbons (Fsp3) is 0.444. The zero-order valence-electron chi connectivity index (χ0n) is 16.1. The van der Waals surface area contributed by atoms with Crippen LogP contribution in [-0.4, -0.2) is 42.1 Å². The molecule has 1 unspecified atom stereocenters. The minimum absolute atomic E-state index is 0.172. The number of benzene rings is 1. The summed E-state index contributed by atoms with van der Waals surface area (Å²) in [5.41, 5.74) is -1.35. The van der Waals surface area contributed by atoms with Crippen LogP contribution in [0.25, 0.3) is 0 Å². The molecule has 0 aliphatic carbocycles. The van der Waals surface area contributed by atoms with E-state index in [1.54, 1.807) is 6.07 Å². The first-order chi connectivity index (χ1) is 13.6. The average molecular weight is 445 g/mol. The Bertz CT molecular complexity index is 1120. The summed E-state index contributed by atoms with van der Waals surface area (Å²) >= 11 is 6.22. The summed E-state index contributed by atoms with van der Waals surface area (Å²) in [6, 6.07) is 3.69. The lowest BCUT2D eigenvalue weighted by atomic mass is 10.0. The second kappa shape index (κ2) is 8.39. The highest BCUT2D eigenvalue weighted by molar-refractivity contribution is 7.89. The maximum absolute atomic E-state index is 14.5. The molecule has 0 bridgehead atoms. The van der Waals surface area contributed by atoms with Crippen molar-refractivity contribution in [2.45, 2.75) is 23.8 Å². The maximum Gasteiger partial charge on any atom is 0.330 e. The summed E-state index contributed by atoms with van der Waals surface area (Å²) in [5, 5.41) is 0.208. The smallest absolute Gasteiger partial charge is 0.302 e. The third-order valence-corrected chi connectivity index (χ3v) is 6.82. The lowest BCUT2D eigenvalue weighted by Crippen LogP contribution is -2.43. The molecule has 1 aromatic heterocycles. The first kappa shape index (κ1) is 21.7. The SMILES string of the molecule is Cn1cc(S(=O)(=O)NCC(c2c(F)cccc2Cl)N2CCCC2)c(=O)n(C)c1=O. The Hall–Kier alpha value is -2.01. The molecule has 3 rings (SSSR count).